The van der Waals surface area contributed by atoms with E-state index in [4.69, 9.17) is 0 Å². The maximum absolute atomic E-state index is 2.50. The lowest BCUT2D eigenvalue weighted by atomic mass is 10.1. The van der Waals surface area contributed by atoms with Crippen LogP contribution in [-0.2, 0) is 0 Å². The Hall–Kier alpha value is 0.170. The molecule has 1 heteroatoms. The van der Waals surface area contributed by atoms with E-state index in [1.807, 2.05) is 0 Å². The average molecular weight is 168 g/mol. The van der Waals surface area contributed by atoms with Gasteiger partial charge in [-0.3, -0.25) is 0 Å². The molecule has 2 atom stereocenters. The van der Waals surface area contributed by atoms with Crippen LogP contribution in [0.4, 0.5) is 0 Å². The molecule has 0 N–H and O–H groups in total. The number of hydrogen-bond donors (Lipinski definition) is 0. The van der Waals surface area contributed by atoms with Crippen LogP contribution < -0.4 is 0 Å². The van der Waals surface area contributed by atoms with Crippen molar-refractivity contribution in [3.63, 3.8) is 0 Å². The molecule has 11 heavy (non-hydrogen) atoms. The Balaban J connectivity index is 1.73. The molecule has 0 bridgehead atoms. The summed E-state index contributed by atoms with van der Waals surface area (Å²) in [4.78, 5) is 0. The SMILES string of the molecule is C(=CC1CCP1)C1CCCC1. The molecular formula is C10H17P. The van der Waals surface area contributed by atoms with Crippen LogP contribution in [0.25, 0.3) is 0 Å². The zero-order valence-corrected chi connectivity index (χ0v) is 8.05. The Morgan fingerprint density at radius 3 is 2.27 bits per heavy atom. The first-order valence-corrected chi connectivity index (χ1v) is 6.15. The molecule has 0 aromatic carbocycles. The van der Waals surface area contributed by atoms with E-state index in [0.29, 0.717) is 0 Å². The van der Waals surface area contributed by atoms with E-state index in [9.17, 15) is 0 Å². The molecule has 2 fully saturated rings. The molecule has 0 aromatic heterocycles. The molecule has 1 saturated heterocycles. The zero-order chi connectivity index (χ0) is 7.52. The lowest BCUT2D eigenvalue weighted by molar-refractivity contribution is 0.681. The summed E-state index contributed by atoms with van der Waals surface area (Å²) in [6.45, 7) is 0. The van der Waals surface area contributed by atoms with Gasteiger partial charge in [-0.1, -0.05) is 25.0 Å². The lowest BCUT2D eigenvalue weighted by Crippen LogP contribution is -2.09. The molecule has 0 nitrogen and oxygen atoms in total. The normalized spacial score (nSPS) is 35.1. The van der Waals surface area contributed by atoms with Gasteiger partial charge < -0.3 is 0 Å². The van der Waals surface area contributed by atoms with E-state index in [-0.39, 0.29) is 0 Å². The van der Waals surface area contributed by atoms with Crippen LogP contribution in [0, 0.1) is 5.92 Å². The highest BCUT2D eigenvalue weighted by atomic mass is 31.1. The van der Waals surface area contributed by atoms with Gasteiger partial charge in [0.25, 0.3) is 0 Å². The van der Waals surface area contributed by atoms with Gasteiger partial charge in [-0.25, -0.2) is 0 Å². The first-order valence-electron chi connectivity index (χ1n) is 4.87. The van der Waals surface area contributed by atoms with Gasteiger partial charge in [0.15, 0.2) is 0 Å². The standard InChI is InChI=1S/C10H17P/c1-2-4-9(3-1)5-6-10-7-8-11-10/h5-6,9-11H,1-4,7-8H2. The summed E-state index contributed by atoms with van der Waals surface area (Å²) in [5.41, 5.74) is 0.996. The summed E-state index contributed by atoms with van der Waals surface area (Å²) in [5, 5.41) is 0. The summed E-state index contributed by atoms with van der Waals surface area (Å²) in [6.07, 6.45) is 13.9. The third kappa shape index (κ3) is 2.06. The fourth-order valence-electron chi connectivity index (χ4n) is 1.92. The molecule has 2 aliphatic rings. The van der Waals surface area contributed by atoms with Crippen LogP contribution in [0.1, 0.15) is 32.1 Å². The minimum absolute atomic E-state index is 0.959. The van der Waals surface area contributed by atoms with E-state index >= 15 is 0 Å². The van der Waals surface area contributed by atoms with Crippen molar-refractivity contribution in [1.82, 2.24) is 0 Å². The monoisotopic (exact) mass is 168 g/mol. The molecule has 2 unspecified atom stereocenters. The molecule has 1 saturated carbocycles. The summed E-state index contributed by atoms with van der Waals surface area (Å²) in [5.74, 6) is 0.959. The molecule has 1 aliphatic heterocycles. The Morgan fingerprint density at radius 1 is 1.00 bits per heavy atom. The van der Waals surface area contributed by atoms with Crippen LogP contribution in [0.5, 0.6) is 0 Å². The van der Waals surface area contributed by atoms with E-state index < -0.39 is 0 Å². The molecule has 1 aliphatic carbocycles. The zero-order valence-electron chi connectivity index (χ0n) is 7.05. The van der Waals surface area contributed by atoms with Gasteiger partial charge in [-0.2, -0.15) is 0 Å². The van der Waals surface area contributed by atoms with Gasteiger partial charge >= 0.3 is 0 Å². The lowest BCUT2D eigenvalue weighted by Gasteiger charge is -2.22. The molecular weight excluding hydrogens is 151 g/mol. The molecule has 0 spiro atoms. The minimum atomic E-state index is 0.959. The topological polar surface area (TPSA) is 0 Å². The van der Waals surface area contributed by atoms with Gasteiger partial charge in [0.1, 0.15) is 0 Å². The van der Waals surface area contributed by atoms with Gasteiger partial charge in [0.2, 0.25) is 0 Å². The van der Waals surface area contributed by atoms with Crippen molar-refractivity contribution in [1.29, 1.82) is 0 Å². The second-order valence-corrected chi connectivity index (χ2v) is 5.43. The van der Waals surface area contributed by atoms with Crippen LogP contribution >= 0.6 is 8.58 Å². The van der Waals surface area contributed by atoms with Crippen molar-refractivity contribution >= 4 is 8.58 Å². The predicted octanol–water partition coefficient (Wildman–Crippen LogP) is 3.18. The molecule has 62 valence electrons. The second-order valence-electron chi connectivity index (χ2n) is 3.78. The van der Waals surface area contributed by atoms with Crippen molar-refractivity contribution in [2.45, 2.75) is 37.8 Å². The molecule has 2 rings (SSSR count). The third-order valence-corrected chi connectivity index (χ3v) is 4.46. The summed E-state index contributed by atoms with van der Waals surface area (Å²) >= 11 is 0. The predicted molar refractivity (Wildman–Crippen MR) is 52.7 cm³/mol. The van der Waals surface area contributed by atoms with Crippen molar-refractivity contribution in [3.8, 4) is 0 Å². The van der Waals surface area contributed by atoms with E-state index in [0.717, 1.165) is 11.6 Å². The van der Waals surface area contributed by atoms with Gasteiger partial charge in [0, 0.05) is 0 Å². The fraction of sp³-hybridized carbons (Fsp3) is 0.800. The van der Waals surface area contributed by atoms with Crippen molar-refractivity contribution in [2.24, 2.45) is 5.92 Å². The van der Waals surface area contributed by atoms with Crippen LogP contribution in [-0.4, -0.2) is 11.8 Å². The highest BCUT2D eigenvalue weighted by molar-refractivity contribution is 7.41. The molecule has 0 aromatic rings. The van der Waals surface area contributed by atoms with E-state index in [2.05, 4.69) is 12.2 Å². The number of rotatable bonds is 2. The number of hydrogen-bond acceptors (Lipinski definition) is 0. The number of allylic oxidation sites excluding steroid dienone is 2. The quantitative estimate of drug-likeness (QED) is 0.439. The smallest absolute Gasteiger partial charge is 0.00538 e. The summed E-state index contributed by atoms with van der Waals surface area (Å²) in [6, 6.07) is 0. The van der Waals surface area contributed by atoms with Crippen molar-refractivity contribution in [3.05, 3.63) is 12.2 Å². The Labute approximate surface area is 71.2 Å². The van der Waals surface area contributed by atoms with Crippen LogP contribution in [0.2, 0.25) is 0 Å². The van der Waals surface area contributed by atoms with Gasteiger partial charge in [-0.15, -0.1) is 8.58 Å². The second kappa shape index (κ2) is 3.72. The van der Waals surface area contributed by atoms with Crippen molar-refractivity contribution < 1.29 is 0 Å². The minimum Gasteiger partial charge on any atom is -0.115 e. The van der Waals surface area contributed by atoms with Crippen LogP contribution in [0.15, 0.2) is 12.2 Å². The largest absolute Gasteiger partial charge is 0.115 e. The molecule has 0 radical (unpaired) electrons. The van der Waals surface area contributed by atoms with Crippen LogP contribution in [0.3, 0.4) is 0 Å². The Morgan fingerprint density at radius 2 is 1.73 bits per heavy atom. The Bertz CT molecular complexity index is 141. The highest BCUT2D eigenvalue weighted by Crippen LogP contribution is 2.36. The third-order valence-electron chi connectivity index (χ3n) is 2.88. The highest BCUT2D eigenvalue weighted by Gasteiger charge is 2.15. The van der Waals surface area contributed by atoms with Gasteiger partial charge in [0.05, 0.1) is 0 Å². The summed E-state index contributed by atoms with van der Waals surface area (Å²) < 4.78 is 0. The fourth-order valence-corrected chi connectivity index (χ4v) is 2.79. The molecule has 1 heterocycles. The molecule has 0 amide bonds. The average Bonchev–Trinajstić information content (AvgIpc) is 2.36. The maximum atomic E-state index is 2.50. The maximum Gasteiger partial charge on any atom is -0.00538 e. The Kier molecular flexibility index (Phi) is 2.64. The first-order chi connectivity index (χ1) is 5.45. The van der Waals surface area contributed by atoms with Gasteiger partial charge in [-0.05, 0) is 37.0 Å². The van der Waals surface area contributed by atoms with E-state index in [1.54, 1.807) is 0 Å². The van der Waals surface area contributed by atoms with Crippen molar-refractivity contribution in [2.75, 3.05) is 6.16 Å². The summed E-state index contributed by atoms with van der Waals surface area (Å²) in [7, 11) is 1.25. The first kappa shape index (κ1) is 7.80. The van der Waals surface area contributed by atoms with E-state index in [1.165, 1.54) is 46.8 Å².